The van der Waals surface area contributed by atoms with Gasteiger partial charge in [-0.2, -0.15) is 8.78 Å². The van der Waals surface area contributed by atoms with Crippen LogP contribution in [0.5, 0.6) is 5.75 Å². The number of ether oxygens (including phenoxy) is 1. The van der Waals surface area contributed by atoms with E-state index in [0.29, 0.717) is 0 Å². The summed E-state index contributed by atoms with van der Waals surface area (Å²) in [5.41, 5.74) is -0.159. The molecule has 1 rings (SSSR count). The van der Waals surface area contributed by atoms with Crippen molar-refractivity contribution in [2.45, 2.75) is 6.61 Å². The second-order valence-electron chi connectivity index (χ2n) is 2.42. The molecule has 0 heterocycles. The van der Waals surface area contributed by atoms with Crippen molar-refractivity contribution in [2.24, 2.45) is 0 Å². The van der Waals surface area contributed by atoms with E-state index in [1.54, 1.807) is 0 Å². The summed E-state index contributed by atoms with van der Waals surface area (Å²) in [6, 6.07) is 2.57. The first-order valence-electron chi connectivity index (χ1n) is 3.59. The monoisotopic (exact) mass is 344 g/mol. The molecular weight excluding hydrogens is 342 g/mol. The summed E-state index contributed by atoms with van der Waals surface area (Å²) in [5, 5.41) is 8.80. The van der Waals surface area contributed by atoms with Gasteiger partial charge in [0.15, 0.2) is 0 Å². The van der Waals surface area contributed by atoms with Crippen molar-refractivity contribution in [1.82, 2.24) is 0 Å². The van der Waals surface area contributed by atoms with Gasteiger partial charge < -0.3 is 9.84 Å². The molecule has 0 unspecified atom stereocenters. The lowest BCUT2D eigenvalue weighted by Crippen LogP contribution is -2.06. The van der Waals surface area contributed by atoms with Crippen molar-refractivity contribution in [3.8, 4) is 5.75 Å². The summed E-state index contributed by atoms with van der Waals surface area (Å²) < 4.78 is 28.2. The number of halogens is 4. The maximum absolute atomic E-state index is 11.9. The lowest BCUT2D eigenvalue weighted by atomic mass is 10.2. The predicted octanol–water partition coefficient (Wildman–Crippen LogP) is 3.51. The lowest BCUT2D eigenvalue weighted by Gasteiger charge is -2.09. The SMILES string of the molecule is O=C(O)c1c(Br)ccc(OC(F)F)c1Br. The summed E-state index contributed by atoms with van der Waals surface area (Å²) >= 11 is 5.89. The van der Waals surface area contributed by atoms with Crippen LogP contribution in [0.15, 0.2) is 21.1 Å². The molecule has 0 saturated carbocycles. The van der Waals surface area contributed by atoms with E-state index in [9.17, 15) is 13.6 Å². The molecule has 0 spiro atoms. The number of alkyl halides is 2. The van der Waals surface area contributed by atoms with Crippen molar-refractivity contribution in [2.75, 3.05) is 0 Å². The molecule has 0 aliphatic rings. The molecule has 0 bridgehead atoms. The topological polar surface area (TPSA) is 46.5 Å². The Hall–Kier alpha value is -0.690. The van der Waals surface area contributed by atoms with Gasteiger partial charge in [-0.3, -0.25) is 0 Å². The van der Waals surface area contributed by atoms with Gasteiger partial charge >= 0.3 is 12.6 Å². The Labute approximate surface area is 100 Å². The van der Waals surface area contributed by atoms with Crippen molar-refractivity contribution < 1.29 is 23.4 Å². The molecule has 15 heavy (non-hydrogen) atoms. The second kappa shape index (κ2) is 4.89. The maximum atomic E-state index is 11.9. The van der Waals surface area contributed by atoms with Gasteiger partial charge in [-0.25, -0.2) is 4.79 Å². The zero-order chi connectivity index (χ0) is 11.6. The third-order valence-electron chi connectivity index (χ3n) is 1.49. The van der Waals surface area contributed by atoms with E-state index in [-0.39, 0.29) is 20.3 Å². The summed E-state index contributed by atoms with van der Waals surface area (Å²) in [6.07, 6.45) is 0. The quantitative estimate of drug-likeness (QED) is 0.911. The fourth-order valence-corrected chi connectivity index (χ4v) is 2.29. The molecule has 1 aromatic rings. The molecule has 0 saturated heterocycles. The largest absolute Gasteiger partial charge is 0.478 e. The van der Waals surface area contributed by atoms with E-state index >= 15 is 0 Å². The minimum atomic E-state index is -3.00. The van der Waals surface area contributed by atoms with Crippen molar-refractivity contribution in [1.29, 1.82) is 0 Å². The molecule has 3 nitrogen and oxygen atoms in total. The first-order chi connectivity index (χ1) is 6.93. The lowest BCUT2D eigenvalue weighted by molar-refractivity contribution is -0.0504. The first kappa shape index (κ1) is 12.4. The van der Waals surface area contributed by atoms with E-state index < -0.39 is 12.6 Å². The Balaban J connectivity index is 3.22. The van der Waals surface area contributed by atoms with Gasteiger partial charge in [0.25, 0.3) is 0 Å². The highest BCUT2D eigenvalue weighted by atomic mass is 79.9. The van der Waals surface area contributed by atoms with Gasteiger partial charge in [-0.1, -0.05) is 0 Å². The van der Waals surface area contributed by atoms with Crippen LogP contribution < -0.4 is 4.74 Å². The number of carboxylic acids is 1. The first-order valence-corrected chi connectivity index (χ1v) is 5.18. The van der Waals surface area contributed by atoms with Crippen LogP contribution in [0.3, 0.4) is 0 Å². The molecule has 0 amide bonds. The fourth-order valence-electron chi connectivity index (χ4n) is 0.916. The molecule has 0 atom stereocenters. The second-order valence-corrected chi connectivity index (χ2v) is 4.07. The molecule has 0 aliphatic heterocycles. The van der Waals surface area contributed by atoms with Crippen LogP contribution in [0.1, 0.15) is 10.4 Å². The molecule has 0 fully saturated rings. The van der Waals surface area contributed by atoms with E-state index in [2.05, 4.69) is 36.6 Å². The average molecular weight is 346 g/mol. The Bertz CT molecular complexity index is 396. The molecule has 1 aromatic carbocycles. The third kappa shape index (κ3) is 2.88. The van der Waals surface area contributed by atoms with Gasteiger partial charge in [-0.05, 0) is 44.0 Å². The Morgan fingerprint density at radius 3 is 2.47 bits per heavy atom. The van der Waals surface area contributed by atoms with Gasteiger partial charge in [0.05, 0.1) is 10.0 Å². The molecule has 0 radical (unpaired) electrons. The van der Waals surface area contributed by atoms with Gasteiger partial charge in [0.1, 0.15) is 5.75 Å². The summed E-state index contributed by atoms with van der Waals surface area (Å²) in [4.78, 5) is 10.8. The van der Waals surface area contributed by atoms with Crippen LogP contribution in [0.4, 0.5) is 8.78 Å². The Morgan fingerprint density at radius 2 is 2.00 bits per heavy atom. The van der Waals surface area contributed by atoms with Crippen LogP contribution in [-0.4, -0.2) is 17.7 Å². The minimum absolute atomic E-state index is 0.0234. The van der Waals surface area contributed by atoms with Gasteiger partial charge in [0.2, 0.25) is 0 Å². The van der Waals surface area contributed by atoms with Crippen molar-refractivity contribution in [3.05, 3.63) is 26.6 Å². The van der Waals surface area contributed by atoms with Crippen LogP contribution in [0, 0.1) is 0 Å². The maximum Gasteiger partial charge on any atom is 0.387 e. The third-order valence-corrected chi connectivity index (χ3v) is 2.93. The van der Waals surface area contributed by atoms with Gasteiger partial charge in [-0.15, -0.1) is 0 Å². The van der Waals surface area contributed by atoms with E-state index in [1.165, 1.54) is 12.1 Å². The molecule has 1 N–H and O–H groups in total. The average Bonchev–Trinajstić information content (AvgIpc) is 2.09. The van der Waals surface area contributed by atoms with Crippen LogP contribution in [-0.2, 0) is 0 Å². The molecular formula is C8H4Br2F2O3. The number of aromatic carboxylic acids is 1. The standard InChI is InChI=1S/C8H4Br2F2O3/c9-3-1-2-4(15-8(11)12)6(10)5(3)7(13)14/h1-2,8H,(H,13,14). The van der Waals surface area contributed by atoms with Crippen molar-refractivity contribution in [3.63, 3.8) is 0 Å². The molecule has 0 aromatic heterocycles. The number of hydrogen-bond donors (Lipinski definition) is 1. The smallest absolute Gasteiger partial charge is 0.387 e. The Kier molecular flexibility index (Phi) is 4.04. The molecule has 7 heteroatoms. The van der Waals surface area contributed by atoms with Crippen LogP contribution >= 0.6 is 31.9 Å². The summed E-state index contributed by atoms with van der Waals surface area (Å²) in [5.74, 6) is -1.46. The number of benzene rings is 1. The van der Waals surface area contributed by atoms with Crippen molar-refractivity contribution >= 4 is 37.8 Å². The van der Waals surface area contributed by atoms with E-state index in [1.807, 2.05) is 0 Å². The number of rotatable bonds is 3. The Morgan fingerprint density at radius 1 is 1.40 bits per heavy atom. The minimum Gasteiger partial charge on any atom is -0.478 e. The van der Waals surface area contributed by atoms with Crippen LogP contribution in [0.25, 0.3) is 0 Å². The van der Waals surface area contributed by atoms with Crippen LogP contribution in [0.2, 0.25) is 0 Å². The predicted molar refractivity (Wildman–Crippen MR) is 55.4 cm³/mol. The highest BCUT2D eigenvalue weighted by Crippen LogP contribution is 2.34. The number of carbonyl (C=O) groups is 1. The highest BCUT2D eigenvalue weighted by molar-refractivity contribution is 9.11. The fraction of sp³-hybridized carbons (Fsp3) is 0.125. The summed E-state index contributed by atoms with van der Waals surface area (Å²) in [6.45, 7) is -3.00. The number of hydrogen-bond acceptors (Lipinski definition) is 2. The number of carboxylic acid groups (broad SMARTS) is 1. The normalized spacial score (nSPS) is 10.5. The molecule has 0 aliphatic carbocycles. The van der Waals surface area contributed by atoms with Gasteiger partial charge in [0, 0.05) is 4.47 Å². The molecule has 82 valence electrons. The zero-order valence-electron chi connectivity index (χ0n) is 7.01. The zero-order valence-corrected chi connectivity index (χ0v) is 10.2. The summed E-state index contributed by atoms with van der Waals surface area (Å²) in [7, 11) is 0. The highest BCUT2D eigenvalue weighted by Gasteiger charge is 2.18. The van der Waals surface area contributed by atoms with E-state index in [0.717, 1.165) is 0 Å². The van der Waals surface area contributed by atoms with E-state index in [4.69, 9.17) is 5.11 Å².